The molecule has 112 valence electrons. The molecule has 2 aromatic carbocycles. The number of para-hydroxylation sites is 2. The summed E-state index contributed by atoms with van der Waals surface area (Å²) in [6, 6.07) is 15.1. The highest BCUT2D eigenvalue weighted by atomic mass is 19.1. The first-order valence-corrected chi connectivity index (χ1v) is 7.06. The molecule has 3 rings (SSSR count). The largest absolute Gasteiger partial charge is 0.326 e. The Balaban J connectivity index is 1.72. The third kappa shape index (κ3) is 2.83. The lowest BCUT2D eigenvalue weighted by atomic mass is 10.1. The van der Waals surface area contributed by atoms with E-state index in [2.05, 4.69) is 5.32 Å². The van der Waals surface area contributed by atoms with E-state index in [-0.39, 0.29) is 30.5 Å². The fourth-order valence-corrected chi connectivity index (χ4v) is 2.55. The Bertz CT molecular complexity index is 703. The van der Waals surface area contributed by atoms with Gasteiger partial charge in [-0.25, -0.2) is 4.39 Å². The number of hydrogen-bond donors (Lipinski definition) is 1. The molecule has 0 aliphatic carbocycles. The van der Waals surface area contributed by atoms with Crippen LogP contribution in [-0.2, 0) is 9.59 Å². The second-order valence-electron chi connectivity index (χ2n) is 5.21. The van der Waals surface area contributed by atoms with Crippen LogP contribution in [0.3, 0.4) is 0 Å². The number of rotatable bonds is 3. The predicted octanol–water partition coefficient (Wildman–Crippen LogP) is 2.82. The molecule has 22 heavy (non-hydrogen) atoms. The van der Waals surface area contributed by atoms with Gasteiger partial charge in [0.05, 0.1) is 11.6 Å². The average molecular weight is 298 g/mol. The first-order valence-electron chi connectivity index (χ1n) is 7.06. The summed E-state index contributed by atoms with van der Waals surface area (Å²) < 4.78 is 13.8. The Morgan fingerprint density at radius 1 is 1.09 bits per heavy atom. The van der Waals surface area contributed by atoms with Gasteiger partial charge >= 0.3 is 0 Å². The fraction of sp³-hybridized carbons (Fsp3) is 0.176. The number of amides is 2. The summed E-state index contributed by atoms with van der Waals surface area (Å²) in [5.74, 6) is -1.40. The molecule has 4 nitrogen and oxygen atoms in total. The zero-order valence-corrected chi connectivity index (χ0v) is 11.8. The minimum absolute atomic E-state index is 0.0903. The van der Waals surface area contributed by atoms with Gasteiger partial charge in [0.15, 0.2) is 0 Å². The second-order valence-corrected chi connectivity index (χ2v) is 5.21. The maximum atomic E-state index is 13.8. The summed E-state index contributed by atoms with van der Waals surface area (Å²) in [4.78, 5) is 25.6. The normalized spacial score (nSPS) is 17.6. The molecule has 0 unspecified atom stereocenters. The van der Waals surface area contributed by atoms with Gasteiger partial charge in [0, 0.05) is 18.7 Å². The molecule has 2 amide bonds. The fourth-order valence-electron chi connectivity index (χ4n) is 2.55. The van der Waals surface area contributed by atoms with Crippen LogP contribution in [0.1, 0.15) is 6.42 Å². The van der Waals surface area contributed by atoms with Crippen molar-refractivity contribution in [1.82, 2.24) is 0 Å². The van der Waals surface area contributed by atoms with Crippen LogP contribution in [0.5, 0.6) is 0 Å². The lowest BCUT2D eigenvalue weighted by Crippen LogP contribution is -2.28. The van der Waals surface area contributed by atoms with E-state index in [1.165, 1.54) is 11.0 Å². The molecule has 1 fully saturated rings. The van der Waals surface area contributed by atoms with E-state index < -0.39 is 11.7 Å². The lowest BCUT2D eigenvalue weighted by Gasteiger charge is -2.17. The summed E-state index contributed by atoms with van der Waals surface area (Å²) in [5.41, 5.74) is 0.909. The molecule has 0 bridgehead atoms. The minimum atomic E-state index is -0.479. The number of carbonyl (C=O) groups is 2. The quantitative estimate of drug-likeness (QED) is 0.947. The first kappa shape index (κ1) is 14.3. The first-order chi connectivity index (χ1) is 10.6. The van der Waals surface area contributed by atoms with Crippen molar-refractivity contribution in [1.29, 1.82) is 0 Å². The Morgan fingerprint density at radius 2 is 1.77 bits per heavy atom. The number of anilines is 2. The van der Waals surface area contributed by atoms with Crippen molar-refractivity contribution in [3.8, 4) is 0 Å². The average Bonchev–Trinajstić information content (AvgIpc) is 2.91. The molecule has 2 aromatic rings. The van der Waals surface area contributed by atoms with E-state index >= 15 is 0 Å². The van der Waals surface area contributed by atoms with Crippen LogP contribution in [0.4, 0.5) is 15.8 Å². The summed E-state index contributed by atoms with van der Waals surface area (Å²) in [7, 11) is 0. The minimum Gasteiger partial charge on any atom is -0.326 e. The summed E-state index contributed by atoms with van der Waals surface area (Å²) in [6.45, 7) is 0.193. The van der Waals surface area contributed by atoms with E-state index in [0.29, 0.717) is 5.69 Å². The van der Waals surface area contributed by atoms with Crippen LogP contribution in [0.2, 0.25) is 0 Å². The van der Waals surface area contributed by atoms with Crippen molar-refractivity contribution in [2.24, 2.45) is 5.92 Å². The molecule has 1 N–H and O–H groups in total. The van der Waals surface area contributed by atoms with Crippen molar-refractivity contribution < 1.29 is 14.0 Å². The van der Waals surface area contributed by atoms with Crippen molar-refractivity contribution >= 4 is 23.2 Å². The van der Waals surface area contributed by atoms with Crippen LogP contribution in [-0.4, -0.2) is 18.4 Å². The number of benzene rings is 2. The van der Waals surface area contributed by atoms with Crippen molar-refractivity contribution in [2.45, 2.75) is 6.42 Å². The lowest BCUT2D eigenvalue weighted by molar-refractivity contribution is -0.122. The van der Waals surface area contributed by atoms with Crippen LogP contribution < -0.4 is 10.2 Å². The van der Waals surface area contributed by atoms with Gasteiger partial charge in [-0.05, 0) is 24.3 Å². The molecule has 1 saturated heterocycles. The van der Waals surface area contributed by atoms with Gasteiger partial charge in [-0.2, -0.15) is 0 Å². The summed E-state index contributed by atoms with van der Waals surface area (Å²) >= 11 is 0. The highest BCUT2D eigenvalue weighted by molar-refractivity contribution is 6.03. The summed E-state index contributed by atoms with van der Waals surface area (Å²) in [6.07, 6.45) is 0.0903. The Kier molecular flexibility index (Phi) is 3.87. The molecular formula is C17H15FN2O2. The van der Waals surface area contributed by atoms with Crippen LogP contribution in [0, 0.1) is 11.7 Å². The van der Waals surface area contributed by atoms with Gasteiger partial charge in [0.2, 0.25) is 11.8 Å². The smallest absolute Gasteiger partial charge is 0.229 e. The molecule has 0 radical (unpaired) electrons. The molecule has 0 aromatic heterocycles. The highest BCUT2D eigenvalue weighted by Crippen LogP contribution is 2.27. The third-order valence-electron chi connectivity index (χ3n) is 3.68. The number of carbonyl (C=O) groups excluding carboxylic acids is 2. The topological polar surface area (TPSA) is 49.4 Å². The van der Waals surface area contributed by atoms with E-state index in [1.807, 2.05) is 18.2 Å². The summed E-state index contributed by atoms with van der Waals surface area (Å²) in [5, 5.41) is 2.78. The molecule has 1 aliphatic heterocycles. The maximum Gasteiger partial charge on any atom is 0.229 e. The number of nitrogens with one attached hydrogen (secondary N) is 1. The van der Waals surface area contributed by atoms with Gasteiger partial charge in [-0.1, -0.05) is 30.3 Å². The monoisotopic (exact) mass is 298 g/mol. The Hall–Kier alpha value is -2.69. The Morgan fingerprint density at radius 3 is 2.50 bits per heavy atom. The molecule has 1 heterocycles. The zero-order chi connectivity index (χ0) is 15.5. The number of nitrogens with zero attached hydrogens (tertiary/aromatic N) is 1. The molecule has 1 aliphatic rings. The SMILES string of the molecule is O=C(Nc1ccccc1)[C@H]1CC(=O)N(c2ccccc2F)C1. The van der Waals surface area contributed by atoms with E-state index in [1.54, 1.807) is 30.3 Å². The Labute approximate surface area is 127 Å². The zero-order valence-electron chi connectivity index (χ0n) is 11.8. The van der Waals surface area contributed by atoms with E-state index in [9.17, 15) is 14.0 Å². The highest BCUT2D eigenvalue weighted by Gasteiger charge is 2.36. The van der Waals surface area contributed by atoms with E-state index in [4.69, 9.17) is 0 Å². The van der Waals surface area contributed by atoms with Crippen LogP contribution in [0.15, 0.2) is 54.6 Å². The maximum absolute atomic E-state index is 13.8. The second kappa shape index (κ2) is 5.97. The molecule has 0 saturated carbocycles. The van der Waals surface area contributed by atoms with E-state index in [0.717, 1.165) is 0 Å². The number of halogens is 1. The predicted molar refractivity (Wildman–Crippen MR) is 81.9 cm³/mol. The van der Waals surface area contributed by atoms with Crippen LogP contribution in [0.25, 0.3) is 0 Å². The van der Waals surface area contributed by atoms with Gasteiger partial charge in [-0.3, -0.25) is 9.59 Å². The van der Waals surface area contributed by atoms with Crippen molar-refractivity contribution in [3.63, 3.8) is 0 Å². The molecule has 0 spiro atoms. The molecule has 1 atom stereocenters. The third-order valence-corrected chi connectivity index (χ3v) is 3.68. The molecular weight excluding hydrogens is 283 g/mol. The van der Waals surface area contributed by atoms with Gasteiger partial charge in [0.25, 0.3) is 0 Å². The van der Waals surface area contributed by atoms with Gasteiger partial charge in [0.1, 0.15) is 5.82 Å². The number of hydrogen-bond acceptors (Lipinski definition) is 2. The van der Waals surface area contributed by atoms with Crippen molar-refractivity contribution in [2.75, 3.05) is 16.8 Å². The van der Waals surface area contributed by atoms with Crippen molar-refractivity contribution in [3.05, 3.63) is 60.4 Å². The van der Waals surface area contributed by atoms with Gasteiger partial charge in [-0.15, -0.1) is 0 Å². The standard InChI is InChI=1S/C17H15FN2O2/c18-14-8-4-5-9-15(14)20-11-12(10-16(20)21)17(22)19-13-6-2-1-3-7-13/h1-9,12H,10-11H2,(H,19,22)/t12-/m0/s1. The van der Waals surface area contributed by atoms with Gasteiger partial charge < -0.3 is 10.2 Å². The van der Waals surface area contributed by atoms with Crippen LogP contribution >= 0.6 is 0 Å². The molecule has 5 heteroatoms.